The van der Waals surface area contributed by atoms with Crippen molar-refractivity contribution < 1.29 is 4.79 Å². The van der Waals surface area contributed by atoms with E-state index in [4.69, 9.17) is 5.73 Å². The molecule has 0 bridgehead atoms. The lowest BCUT2D eigenvalue weighted by molar-refractivity contribution is 0.0935. The topological polar surface area (TPSA) is 83.8 Å². The number of thiophene rings is 1. The lowest BCUT2D eigenvalue weighted by Gasteiger charge is -2.13. The maximum absolute atomic E-state index is 12.0. The largest absolute Gasteiger partial charge is 0.396 e. The van der Waals surface area contributed by atoms with Gasteiger partial charge in [-0.05, 0) is 32.4 Å². The first-order chi connectivity index (χ1) is 8.49. The average molecular weight is 264 g/mol. The lowest BCUT2D eigenvalue weighted by atomic mass is 10.1. The van der Waals surface area contributed by atoms with Crippen molar-refractivity contribution in [1.82, 2.24) is 15.5 Å². The molecule has 0 aliphatic heterocycles. The highest BCUT2D eigenvalue weighted by atomic mass is 32.1. The number of H-pyrrole nitrogens is 1. The first-order valence-corrected chi connectivity index (χ1v) is 6.47. The first kappa shape index (κ1) is 12.6. The van der Waals surface area contributed by atoms with E-state index >= 15 is 0 Å². The first-order valence-electron chi connectivity index (χ1n) is 5.65. The maximum Gasteiger partial charge on any atom is 0.271 e. The number of carbonyl (C=O) groups excluding carboxylic acids is 1. The summed E-state index contributed by atoms with van der Waals surface area (Å²) in [6.45, 7) is 6.07. The van der Waals surface area contributed by atoms with Gasteiger partial charge in [0.15, 0.2) is 0 Å². The number of rotatable bonds is 3. The van der Waals surface area contributed by atoms with Gasteiger partial charge in [0.05, 0.1) is 17.9 Å². The molecule has 0 saturated heterocycles. The molecule has 0 aliphatic carbocycles. The van der Waals surface area contributed by atoms with E-state index in [1.54, 1.807) is 11.3 Å². The van der Waals surface area contributed by atoms with Gasteiger partial charge >= 0.3 is 0 Å². The molecule has 0 aliphatic rings. The summed E-state index contributed by atoms with van der Waals surface area (Å²) in [7, 11) is 0. The van der Waals surface area contributed by atoms with Crippen LogP contribution in [0, 0.1) is 13.8 Å². The third kappa shape index (κ3) is 2.38. The van der Waals surface area contributed by atoms with Crippen LogP contribution < -0.4 is 11.1 Å². The van der Waals surface area contributed by atoms with Gasteiger partial charge in [0, 0.05) is 9.75 Å². The van der Waals surface area contributed by atoms with Gasteiger partial charge in [-0.1, -0.05) is 0 Å². The molecule has 1 amide bonds. The SMILES string of the molecule is Cc1cc(C(C)NC(=O)c2[nH]ncc2N)c(C)s1. The van der Waals surface area contributed by atoms with Crippen LogP contribution in [0.25, 0.3) is 0 Å². The fourth-order valence-corrected chi connectivity index (χ4v) is 2.93. The Kier molecular flexibility index (Phi) is 3.38. The molecular weight excluding hydrogens is 248 g/mol. The standard InChI is InChI=1S/C12H16N4OS/c1-6-4-9(8(3)18-6)7(2)15-12(17)11-10(13)5-14-16-11/h4-5,7H,13H2,1-3H3,(H,14,16)(H,15,17). The lowest BCUT2D eigenvalue weighted by Crippen LogP contribution is -2.27. The fraction of sp³-hybridized carbons (Fsp3) is 0.333. The van der Waals surface area contributed by atoms with Crippen LogP contribution in [0.4, 0.5) is 5.69 Å². The van der Waals surface area contributed by atoms with Gasteiger partial charge in [-0.3, -0.25) is 9.89 Å². The van der Waals surface area contributed by atoms with E-state index in [0.29, 0.717) is 11.4 Å². The van der Waals surface area contributed by atoms with Gasteiger partial charge in [0.25, 0.3) is 5.91 Å². The van der Waals surface area contributed by atoms with E-state index in [9.17, 15) is 4.79 Å². The van der Waals surface area contributed by atoms with Gasteiger partial charge in [0.2, 0.25) is 0 Å². The number of amides is 1. The van der Waals surface area contributed by atoms with Crippen molar-refractivity contribution in [1.29, 1.82) is 0 Å². The Hall–Kier alpha value is -1.82. The number of anilines is 1. The number of hydrogen-bond acceptors (Lipinski definition) is 4. The molecule has 4 N–H and O–H groups in total. The van der Waals surface area contributed by atoms with Crippen molar-refractivity contribution in [3.8, 4) is 0 Å². The molecule has 0 radical (unpaired) electrons. The summed E-state index contributed by atoms with van der Waals surface area (Å²) in [5, 5.41) is 9.24. The Morgan fingerprint density at radius 2 is 2.28 bits per heavy atom. The number of aryl methyl sites for hydroxylation is 2. The second kappa shape index (κ2) is 4.81. The van der Waals surface area contributed by atoms with Crippen LogP contribution in [-0.2, 0) is 0 Å². The number of hydrogen-bond donors (Lipinski definition) is 3. The number of aromatic amines is 1. The predicted molar refractivity (Wildman–Crippen MR) is 72.7 cm³/mol. The summed E-state index contributed by atoms with van der Waals surface area (Å²) in [4.78, 5) is 14.4. The number of nitrogen functional groups attached to an aromatic ring is 1. The Morgan fingerprint density at radius 1 is 1.56 bits per heavy atom. The van der Waals surface area contributed by atoms with Crippen molar-refractivity contribution in [3.63, 3.8) is 0 Å². The third-order valence-electron chi connectivity index (χ3n) is 2.79. The van der Waals surface area contributed by atoms with Crippen molar-refractivity contribution in [2.24, 2.45) is 0 Å². The van der Waals surface area contributed by atoms with E-state index < -0.39 is 0 Å². The molecule has 1 unspecified atom stereocenters. The highest BCUT2D eigenvalue weighted by Crippen LogP contribution is 2.26. The monoisotopic (exact) mass is 264 g/mol. The summed E-state index contributed by atoms with van der Waals surface area (Å²) in [5.74, 6) is -0.235. The van der Waals surface area contributed by atoms with Crippen molar-refractivity contribution in [2.45, 2.75) is 26.8 Å². The number of aromatic nitrogens is 2. The van der Waals surface area contributed by atoms with E-state index in [1.165, 1.54) is 16.0 Å². The predicted octanol–water partition coefficient (Wildman–Crippen LogP) is 2.16. The molecule has 0 saturated carbocycles. The van der Waals surface area contributed by atoms with E-state index in [1.807, 2.05) is 6.92 Å². The summed E-state index contributed by atoms with van der Waals surface area (Å²) >= 11 is 1.73. The second-order valence-corrected chi connectivity index (χ2v) is 5.72. The number of nitrogens with two attached hydrogens (primary N) is 1. The minimum atomic E-state index is -0.235. The summed E-state index contributed by atoms with van der Waals surface area (Å²) in [6.07, 6.45) is 1.43. The summed E-state index contributed by atoms with van der Waals surface area (Å²) in [5.41, 5.74) is 7.45. The Labute approximate surface area is 109 Å². The quantitative estimate of drug-likeness (QED) is 0.794. The van der Waals surface area contributed by atoms with Crippen LogP contribution in [0.2, 0.25) is 0 Å². The highest BCUT2D eigenvalue weighted by molar-refractivity contribution is 7.12. The van der Waals surface area contributed by atoms with Crippen LogP contribution in [-0.4, -0.2) is 16.1 Å². The van der Waals surface area contributed by atoms with Gasteiger partial charge in [-0.25, -0.2) is 0 Å². The molecule has 2 aromatic heterocycles. The number of nitrogens with zero attached hydrogens (tertiary/aromatic N) is 1. The van der Waals surface area contributed by atoms with Gasteiger partial charge < -0.3 is 11.1 Å². The molecule has 1 atom stereocenters. The summed E-state index contributed by atoms with van der Waals surface area (Å²) < 4.78 is 0. The van der Waals surface area contributed by atoms with Gasteiger partial charge in [0.1, 0.15) is 5.69 Å². The van der Waals surface area contributed by atoms with Crippen LogP contribution in [0.15, 0.2) is 12.3 Å². The van der Waals surface area contributed by atoms with E-state index in [2.05, 4.69) is 35.4 Å². The highest BCUT2D eigenvalue weighted by Gasteiger charge is 2.17. The fourth-order valence-electron chi connectivity index (χ4n) is 1.90. The average Bonchev–Trinajstić information content (AvgIpc) is 2.84. The Morgan fingerprint density at radius 3 is 2.78 bits per heavy atom. The minimum absolute atomic E-state index is 0.0508. The zero-order valence-electron chi connectivity index (χ0n) is 10.6. The van der Waals surface area contributed by atoms with Crippen LogP contribution in [0.1, 0.15) is 38.8 Å². The third-order valence-corrected chi connectivity index (χ3v) is 3.77. The van der Waals surface area contributed by atoms with Crippen LogP contribution in [0.3, 0.4) is 0 Å². The molecule has 0 spiro atoms. The van der Waals surface area contributed by atoms with Crippen LogP contribution in [0.5, 0.6) is 0 Å². The molecular formula is C12H16N4OS. The van der Waals surface area contributed by atoms with E-state index in [0.717, 1.165) is 5.56 Å². The molecule has 5 nitrogen and oxygen atoms in total. The molecule has 0 aromatic carbocycles. The maximum atomic E-state index is 12.0. The Balaban J connectivity index is 2.13. The molecule has 2 aromatic rings. The minimum Gasteiger partial charge on any atom is -0.396 e. The zero-order valence-corrected chi connectivity index (χ0v) is 11.4. The Bertz CT molecular complexity index is 572. The van der Waals surface area contributed by atoms with Crippen molar-refractivity contribution in [3.05, 3.63) is 33.3 Å². The summed E-state index contributed by atoms with van der Waals surface area (Å²) in [6, 6.07) is 2.05. The molecule has 2 rings (SSSR count). The normalized spacial score (nSPS) is 12.4. The second-order valence-electron chi connectivity index (χ2n) is 4.26. The zero-order chi connectivity index (χ0) is 13.3. The molecule has 96 valence electrons. The van der Waals surface area contributed by atoms with Crippen LogP contribution >= 0.6 is 11.3 Å². The van der Waals surface area contributed by atoms with Gasteiger partial charge in [-0.2, -0.15) is 5.10 Å². The van der Waals surface area contributed by atoms with Crippen molar-refractivity contribution >= 4 is 22.9 Å². The molecule has 18 heavy (non-hydrogen) atoms. The molecule has 2 heterocycles. The molecule has 6 heteroatoms. The van der Waals surface area contributed by atoms with Crippen molar-refractivity contribution in [2.75, 3.05) is 5.73 Å². The smallest absolute Gasteiger partial charge is 0.271 e. The number of carbonyl (C=O) groups is 1. The van der Waals surface area contributed by atoms with Gasteiger partial charge in [-0.15, -0.1) is 11.3 Å². The molecule has 0 fully saturated rings. The number of nitrogens with one attached hydrogen (secondary N) is 2. The van der Waals surface area contributed by atoms with E-state index in [-0.39, 0.29) is 11.9 Å².